The first-order chi connectivity index (χ1) is 8.88. The van der Waals surface area contributed by atoms with Crippen LogP contribution in [0.4, 0.5) is 0 Å². The van der Waals surface area contributed by atoms with Gasteiger partial charge in [-0.15, -0.1) is 0 Å². The topological polar surface area (TPSA) is 25.2 Å². The van der Waals surface area contributed by atoms with Gasteiger partial charge in [-0.3, -0.25) is 0 Å². The van der Waals surface area contributed by atoms with Crippen molar-refractivity contribution in [2.45, 2.75) is 6.54 Å². The summed E-state index contributed by atoms with van der Waals surface area (Å²) in [4.78, 5) is 0. The molecule has 3 rings (SSSR count). The predicted octanol–water partition coefficient (Wildman–Crippen LogP) is 3.82. The SMILES string of the molecule is CNCc1ccccc1-c1cc2ccccc2o1. The van der Waals surface area contributed by atoms with Crippen molar-refractivity contribution in [3.8, 4) is 11.3 Å². The quantitative estimate of drug-likeness (QED) is 0.749. The highest BCUT2D eigenvalue weighted by atomic mass is 16.3. The number of benzene rings is 2. The van der Waals surface area contributed by atoms with E-state index in [-0.39, 0.29) is 0 Å². The number of fused-ring (bicyclic) bond motifs is 1. The lowest BCUT2D eigenvalue weighted by Gasteiger charge is -2.05. The number of nitrogens with one attached hydrogen (secondary N) is 1. The van der Waals surface area contributed by atoms with E-state index in [1.165, 1.54) is 5.56 Å². The highest BCUT2D eigenvalue weighted by molar-refractivity contribution is 5.83. The Morgan fingerprint density at radius 3 is 2.61 bits per heavy atom. The van der Waals surface area contributed by atoms with E-state index >= 15 is 0 Å². The van der Waals surface area contributed by atoms with E-state index in [1.54, 1.807) is 0 Å². The lowest BCUT2D eigenvalue weighted by atomic mass is 10.1. The molecule has 18 heavy (non-hydrogen) atoms. The van der Waals surface area contributed by atoms with Crippen LogP contribution >= 0.6 is 0 Å². The van der Waals surface area contributed by atoms with Gasteiger partial charge in [0, 0.05) is 17.5 Å². The maximum absolute atomic E-state index is 5.91. The summed E-state index contributed by atoms with van der Waals surface area (Å²) < 4.78 is 5.91. The Morgan fingerprint density at radius 1 is 1.00 bits per heavy atom. The Bertz CT molecular complexity index is 636. The Labute approximate surface area is 106 Å². The summed E-state index contributed by atoms with van der Waals surface area (Å²) in [7, 11) is 1.95. The standard InChI is InChI=1S/C16H15NO/c1-17-11-13-7-2-4-8-14(13)16-10-12-6-3-5-9-15(12)18-16/h2-10,17H,11H2,1H3. The Balaban J connectivity index is 2.13. The third-order valence-electron chi connectivity index (χ3n) is 3.08. The van der Waals surface area contributed by atoms with Gasteiger partial charge in [-0.2, -0.15) is 0 Å². The van der Waals surface area contributed by atoms with E-state index in [0.717, 1.165) is 28.8 Å². The fourth-order valence-electron chi connectivity index (χ4n) is 2.22. The molecule has 1 heterocycles. The number of para-hydroxylation sites is 1. The second-order valence-electron chi connectivity index (χ2n) is 4.34. The van der Waals surface area contributed by atoms with Crippen LogP contribution < -0.4 is 5.32 Å². The predicted molar refractivity (Wildman–Crippen MR) is 74.4 cm³/mol. The molecular formula is C16H15NO. The van der Waals surface area contributed by atoms with Gasteiger partial charge in [0.15, 0.2) is 0 Å². The Hall–Kier alpha value is -2.06. The molecule has 90 valence electrons. The summed E-state index contributed by atoms with van der Waals surface area (Å²) in [6.07, 6.45) is 0. The third kappa shape index (κ3) is 1.91. The van der Waals surface area contributed by atoms with Crippen molar-refractivity contribution in [2.24, 2.45) is 0 Å². The van der Waals surface area contributed by atoms with Crippen molar-refractivity contribution in [1.82, 2.24) is 5.32 Å². The maximum atomic E-state index is 5.91. The molecule has 0 aliphatic rings. The molecule has 0 radical (unpaired) electrons. The minimum atomic E-state index is 0.840. The third-order valence-corrected chi connectivity index (χ3v) is 3.08. The van der Waals surface area contributed by atoms with Crippen LogP contribution in [0.5, 0.6) is 0 Å². The molecule has 0 atom stereocenters. The molecule has 0 fully saturated rings. The van der Waals surface area contributed by atoms with Gasteiger partial charge < -0.3 is 9.73 Å². The van der Waals surface area contributed by atoms with Crippen molar-refractivity contribution in [1.29, 1.82) is 0 Å². The molecule has 2 aromatic carbocycles. The van der Waals surface area contributed by atoms with Crippen molar-refractivity contribution < 1.29 is 4.42 Å². The van der Waals surface area contributed by atoms with E-state index in [4.69, 9.17) is 4.42 Å². The van der Waals surface area contributed by atoms with Crippen LogP contribution in [0.3, 0.4) is 0 Å². The molecule has 0 amide bonds. The van der Waals surface area contributed by atoms with E-state index in [1.807, 2.05) is 31.3 Å². The summed E-state index contributed by atoms with van der Waals surface area (Å²) in [5.74, 6) is 0.932. The fraction of sp³-hybridized carbons (Fsp3) is 0.125. The first-order valence-electron chi connectivity index (χ1n) is 6.10. The summed E-state index contributed by atoms with van der Waals surface area (Å²) in [6.45, 7) is 0.840. The van der Waals surface area contributed by atoms with Crippen LogP contribution in [-0.4, -0.2) is 7.05 Å². The molecule has 3 aromatic rings. The second-order valence-corrected chi connectivity index (χ2v) is 4.34. The first-order valence-corrected chi connectivity index (χ1v) is 6.10. The molecule has 0 unspecified atom stereocenters. The van der Waals surface area contributed by atoms with Gasteiger partial charge in [0.05, 0.1) is 0 Å². The minimum absolute atomic E-state index is 0.840. The summed E-state index contributed by atoms with van der Waals surface area (Å²) in [5, 5.41) is 4.33. The second kappa shape index (κ2) is 4.67. The number of hydrogen-bond donors (Lipinski definition) is 1. The number of rotatable bonds is 3. The van der Waals surface area contributed by atoms with Crippen LogP contribution in [0, 0.1) is 0 Å². The summed E-state index contributed by atoms with van der Waals surface area (Å²) in [5.41, 5.74) is 3.34. The van der Waals surface area contributed by atoms with Gasteiger partial charge in [0.1, 0.15) is 11.3 Å². The van der Waals surface area contributed by atoms with Gasteiger partial charge in [-0.1, -0.05) is 42.5 Å². The zero-order valence-electron chi connectivity index (χ0n) is 10.3. The molecule has 2 heteroatoms. The van der Waals surface area contributed by atoms with Crippen LogP contribution in [0.2, 0.25) is 0 Å². The molecule has 1 aromatic heterocycles. The van der Waals surface area contributed by atoms with Crippen LogP contribution in [0.25, 0.3) is 22.3 Å². The summed E-state index contributed by atoms with van der Waals surface area (Å²) in [6, 6.07) is 18.5. The van der Waals surface area contributed by atoms with Crippen molar-refractivity contribution in [3.63, 3.8) is 0 Å². The van der Waals surface area contributed by atoms with E-state index in [9.17, 15) is 0 Å². The zero-order valence-corrected chi connectivity index (χ0v) is 10.3. The minimum Gasteiger partial charge on any atom is -0.456 e. The zero-order chi connectivity index (χ0) is 12.4. The van der Waals surface area contributed by atoms with Crippen LogP contribution in [0.15, 0.2) is 59.0 Å². The monoisotopic (exact) mass is 237 g/mol. The molecule has 0 aliphatic carbocycles. The van der Waals surface area contributed by atoms with Gasteiger partial charge in [-0.05, 0) is 24.7 Å². The molecule has 0 aliphatic heterocycles. The highest BCUT2D eigenvalue weighted by Gasteiger charge is 2.09. The highest BCUT2D eigenvalue weighted by Crippen LogP contribution is 2.29. The van der Waals surface area contributed by atoms with E-state index in [2.05, 4.69) is 35.6 Å². The molecule has 2 nitrogen and oxygen atoms in total. The molecule has 0 saturated carbocycles. The fourth-order valence-corrected chi connectivity index (χ4v) is 2.22. The largest absolute Gasteiger partial charge is 0.456 e. The smallest absolute Gasteiger partial charge is 0.135 e. The average molecular weight is 237 g/mol. The van der Waals surface area contributed by atoms with Crippen molar-refractivity contribution >= 4 is 11.0 Å². The lowest BCUT2D eigenvalue weighted by molar-refractivity contribution is 0.630. The number of furan rings is 1. The molecule has 0 spiro atoms. The summed E-state index contributed by atoms with van der Waals surface area (Å²) >= 11 is 0. The molecule has 0 saturated heterocycles. The van der Waals surface area contributed by atoms with Gasteiger partial charge in [-0.25, -0.2) is 0 Å². The van der Waals surface area contributed by atoms with Crippen LogP contribution in [-0.2, 0) is 6.54 Å². The van der Waals surface area contributed by atoms with E-state index in [0.29, 0.717) is 0 Å². The Kier molecular flexibility index (Phi) is 2.87. The van der Waals surface area contributed by atoms with E-state index < -0.39 is 0 Å². The molecular weight excluding hydrogens is 222 g/mol. The Morgan fingerprint density at radius 2 is 1.78 bits per heavy atom. The first kappa shape index (κ1) is 11.1. The number of hydrogen-bond acceptors (Lipinski definition) is 2. The maximum Gasteiger partial charge on any atom is 0.135 e. The normalized spacial score (nSPS) is 10.9. The van der Waals surface area contributed by atoms with Crippen molar-refractivity contribution in [2.75, 3.05) is 7.05 Å². The lowest BCUT2D eigenvalue weighted by Crippen LogP contribution is -2.05. The molecule has 1 N–H and O–H groups in total. The van der Waals surface area contributed by atoms with Gasteiger partial charge >= 0.3 is 0 Å². The van der Waals surface area contributed by atoms with Gasteiger partial charge in [0.25, 0.3) is 0 Å². The van der Waals surface area contributed by atoms with Gasteiger partial charge in [0.2, 0.25) is 0 Å². The van der Waals surface area contributed by atoms with Crippen LogP contribution in [0.1, 0.15) is 5.56 Å². The van der Waals surface area contributed by atoms with Crippen molar-refractivity contribution in [3.05, 3.63) is 60.2 Å². The molecule has 0 bridgehead atoms. The average Bonchev–Trinajstić information content (AvgIpc) is 2.83.